The van der Waals surface area contributed by atoms with Gasteiger partial charge in [0.15, 0.2) is 0 Å². The van der Waals surface area contributed by atoms with Gasteiger partial charge in [0.05, 0.1) is 18.3 Å². The molecule has 0 saturated heterocycles. The molecule has 0 aromatic heterocycles. The first-order chi connectivity index (χ1) is 14.4. The van der Waals surface area contributed by atoms with Crippen LogP contribution in [0, 0.1) is 0 Å². The van der Waals surface area contributed by atoms with Gasteiger partial charge in [-0.25, -0.2) is 0 Å². The zero-order valence-corrected chi connectivity index (χ0v) is 17.9. The standard InChI is InChI=1S/C24H28N2O4/c1-5-15-26-23(27)21(17-7-11-19(12-8-17)29-6-2)22(24(26)28)25-18-9-13-20(14-10-18)30-16(3)4/h7-14,16,25H,5-6,15H2,1-4H3. The van der Waals surface area contributed by atoms with E-state index in [0.717, 1.165) is 11.5 Å². The van der Waals surface area contributed by atoms with Crippen molar-refractivity contribution in [3.63, 3.8) is 0 Å². The number of carbonyl (C=O) groups is 2. The summed E-state index contributed by atoms with van der Waals surface area (Å²) < 4.78 is 11.2. The van der Waals surface area contributed by atoms with Gasteiger partial charge in [0.1, 0.15) is 17.2 Å². The van der Waals surface area contributed by atoms with Gasteiger partial charge in [0, 0.05) is 12.2 Å². The van der Waals surface area contributed by atoms with Crippen LogP contribution in [0.25, 0.3) is 5.57 Å². The van der Waals surface area contributed by atoms with Gasteiger partial charge in [-0.15, -0.1) is 0 Å². The Morgan fingerprint density at radius 2 is 1.53 bits per heavy atom. The Balaban J connectivity index is 1.94. The molecule has 1 aliphatic heterocycles. The molecule has 0 spiro atoms. The second-order valence-corrected chi connectivity index (χ2v) is 7.29. The largest absolute Gasteiger partial charge is 0.494 e. The van der Waals surface area contributed by atoms with Crippen molar-refractivity contribution >= 4 is 23.1 Å². The van der Waals surface area contributed by atoms with E-state index in [4.69, 9.17) is 9.47 Å². The molecular formula is C24H28N2O4. The average molecular weight is 408 g/mol. The van der Waals surface area contributed by atoms with E-state index in [1.165, 1.54) is 4.90 Å². The summed E-state index contributed by atoms with van der Waals surface area (Å²) in [4.78, 5) is 27.4. The number of ether oxygens (including phenoxy) is 2. The van der Waals surface area contributed by atoms with E-state index < -0.39 is 0 Å². The summed E-state index contributed by atoms with van der Waals surface area (Å²) >= 11 is 0. The molecule has 0 bridgehead atoms. The molecule has 1 N–H and O–H groups in total. The molecule has 6 heteroatoms. The molecule has 0 radical (unpaired) electrons. The van der Waals surface area contributed by atoms with E-state index in [2.05, 4.69) is 5.32 Å². The summed E-state index contributed by atoms with van der Waals surface area (Å²) in [5.74, 6) is 0.874. The molecule has 0 unspecified atom stereocenters. The highest BCUT2D eigenvalue weighted by Gasteiger charge is 2.38. The molecule has 3 rings (SSSR count). The van der Waals surface area contributed by atoms with Gasteiger partial charge in [-0.1, -0.05) is 19.1 Å². The van der Waals surface area contributed by atoms with Gasteiger partial charge < -0.3 is 14.8 Å². The molecule has 158 valence electrons. The van der Waals surface area contributed by atoms with Crippen LogP contribution in [0.2, 0.25) is 0 Å². The predicted octanol–water partition coefficient (Wildman–Crippen LogP) is 4.47. The molecule has 0 saturated carbocycles. The number of benzene rings is 2. The van der Waals surface area contributed by atoms with Crippen LogP contribution in [-0.2, 0) is 9.59 Å². The molecule has 0 atom stereocenters. The fourth-order valence-corrected chi connectivity index (χ4v) is 3.30. The maximum Gasteiger partial charge on any atom is 0.278 e. The quantitative estimate of drug-likeness (QED) is 0.620. The first-order valence-corrected chi connectivity index (χ1v) is 10.3. The predicted molar refractivity (Wildman–Crippen MR) is 117 cm³/mol. The summed E-state index contributed by atoms with van der Waals surface area (Å²) in [6, 6.07) is 14.6. The number of imide groups is 1. The Kier molecular flexibility index (Phi) is 6.77. The van der Waals surface area contributed by atoms with Gasteiger partial charge in [0.2, 0.25) is 0 Å². The van der Waals surface area contributed by atoms with E-state index >= 15 is 0 Å². The van der Waals surface area contributed by atoms with Crippen molar-refractivity contribution in [2.75, 3.05) is 18.5 Å². The monoisotopic (exact) mass is 408 g/mol. The van der Waals surface area contributed by atoms with Crippen LogP contribution in [-0.4, -0.2) is 36.0 Å². The molecule has 2 aromatic carbocycles. The molecule has 1 heterocycles. The Labute approximate surface area is 177 Å². The molecule has 2 amide bonds. The van der Waals surface area contributed by atoms with Gasteiger partial charge in [-0.3, -0.25) is 14.5 Å². The van der Waals surface area contributed by atoms with Crippen molar-refractivity contribution in [3.8, 4) is 11.5 Å². The van der Waals surface area contributed by atoms with Gasteiger partial charge >= 0.3 is 0 Å². The van der Waals surface area contributed by atoms with E-state index in [0.29, 0.717) is 36.4 Å². The van der Waals surface area contributed by atoms with Crippen LogP contribution in [0.3, 0.4) is 0 Å². The summed E-state index contributed by atoms with van der Waals surface area (Å²) in [5.41, 5.74) is 2.05. The minimum atomic E-state index is -0.312. The molecule has 1 aliphatic rings. The van der Waals surface area contributed by atoms with Crippen LogP contribution in [0.15, 0.2) is 54.2 Å². The summed E-state index contributed by atoms with van der Waals surface area (Å²) in [7, 11) is 0. The maximum atomic E-state index is 13.0. The number of carbonyl (C=O) groups excluding carboxylic acids is 2. The Hall–Kier alpha value is -3.28. The van der Waals surface area contributed by atoms with Crippen LogP contribution < -0.4 is 14.8 Å². The molecule has 0 fully saturated rings. The highest BCUT2D eigenvalue weighted by Crippen LogP contribution is 2.32. The zero-order chi connectivity index (χ0) is 21.7. The van der Waals surface area contributed by atoms with E-state index in [-0.39, 0.29) is 23.6 Å². The normalized spacial score (nSPS) is 14.0. The highest BCUT2D eigenvalue weighted by atomic mass is 16.5. The number of anilines is 1. The third-order valence-electron chi connectivity index (χ3n) is 4.56. The topological polar surface area (TPSA) is 67.9 Å². The minimum Gasteiger partial charge on any atom is -0.494 e. The average Bonchev–Trinajstić information content (AvgIpc) is 2.95. The number of nitrogens with zero attached hydrogens (tertiary/aromatic N) is 1. The van der Waals surface area contributed by atoms with Gasteiger partial charge in [-0.2, -0.15) is 0 Å². The summed E-state index contributed by atoms with van der Waals surface area (Å²) in [6.07, 6.45) is 0.775. The number of amides is 2. The Morgan fingerprint density at radius 1 is 0.900 bits per heavy atom. The van der Waals surface area contributed by atoms with Gasteiger partial charge in [0.25, 0.3) is 11.8 Å². The number of hydrogen-bond donors (Lipinski definition) is 1. The molecule has 6 nitrogen and oxygen atoms in total. The van der Waals surface area contributed by atoms with E-state index in [1.807, 2.05) is 76.2 Å². The van der Waals surface area contributed by atoms with Crippen LogP contribution >= 0.6 is 0 Å². The van der Waals surface area contributed by atoms with Crippen LogP contribution in [0.4, 0.5) is 5.69 Å². The molecule has 0 aliphatic carbocycles. The number of nitrogens with one attached hydrogen (secondary N) is 1. The minimum absolute atomic E-state index is 0.0782. The fourth-order valence-electron chi connectivity index (χ4n) is 3.30. The second kappa shape index (κ2) is 9.48. The number of rotatable bonds is 9. The lowest BCUT2D eigenvalue weighted by Crippen LogP contribution is -2.33. The first kappa shape index (κ1) is 21.4. The molecular weight excluding hydrogens is 380 g/mol. The SMILES string of the molecule is CCCN1C(=O)C(Nc2ccc(OC(C)C)cc2)=C(c2ccc(OCC)cc2)C1=O. The Bertz CT molecular complexity index is 931. The van der Waals surface area contributed by atoms with Crippen molar-refractivity contribution in [1.29, 1.82) is 0 Å². The third-order valence-corrected chi connectivity index (χ3v) is 4.56. The zero-order valence-electron chi connectivity index (χ0n) is 17.9. The molecule has 2 aromatic rings. The van der Waals surface area contributed by atoms with E-state index in [1.54, 1.807) is 0 Å². The van der Waals surface area contributed by atoms with E-state index in [9.17, 15) is 9.59 Å². The lowest BCUT2D eigenvalue weighted by Gasteiger charge is -2.14. The smallest absolute Gasteiger partial charge is 0.278 e. The maximum absolute atomic E-state index is 13.0. The molecule has 30 heavy (non-hydrogen) atoms. The fraction of sp³-hybridized carbons (Fsp3) is 0.333. The number of hydrogen-bond acceptors (Lipinski definition) is 5. The van der Waals surface area contributed by atoms with Crippen molar-refractivity contribution in [1.82, 2.24) is 4.90 Å². The lowest BCUT2D eigenvalue weighted by atomic mass is 10.0. The Morgan fingerprint density at radius 3 is 2.10 bits per heavy atom. The van der Waals surface area contributed by atoms with Crippen molar-refractivity contribution in [2.45, 2.75) is 40.2 Å². The summed E-state index contributed by atoms with van der Waals surface area (Å²) in [5, 5.41) is 3.16. The lowest BCUT2D eigenvalue weighted by molar-refractivity contribution is -0.136. The van der Waals surface area contributed by atoms with Crippen molar-refractivity contribution in [2.24, 2.45) is 0 Å². The van der Waals surface area contributed by atoms with Crippen LogP contribution in [0.1, 0.15) is 39.7 Å². The second-order valence-electron chi connectivity index (χ2n) is 7.29. The van der Waals surface area contributed by atoms with Gasteiger partial charge in [-0.05, 0) is 69.2 Å². The van der Waals surface area contributed by atoms with Crippen molar-refractivity contribution in [3.05, 3.63) is 59.8 Å². The first-order valence-electron chi connectivity index (χ1n) is 10.3. The van der Waals surface area contributed by atoms with Crippen molar-refractivity contribution < 1.29 is 19.1 Å². The third kappa shape index (κ3) is 4.64. The summed E-state index contributed by atoms with van der Waals surface area (Å²) in [6.45, 7) is 8.72. The highest BCUT2D eigenvalue weighted by molar-refractivity contribution is 6.36. The van der Waals surface area contributed by atoms with Crippen LogP contribution in [0.5, 0.6) is 11.5 Å².